The Morgan fingerprint density at radius 1 is 0.857 bits per heavy atom. The molecule has 3 saturated carbocycles. The second kappa shape index (κ2) is 7.20. The van der Waals surface area contributed by atoms with Crippen molar-refractivity contribution >= 4 is 11.8 Å². The molecule has 8 heteroatoms. The number of anilines is 1. The van der Waals surface area contributed by atoms with E-state index in [1.54, 1.807) is 0 Å². The van der Waals surface area contributed by atoms with Gasteiger partial charge in [0.2, 0.25) is 0 Å². The van der Waals surface area contributed by atoms with E-state index in [-0.39, 0.29) is 6.03 Å². The van der Waals surface area contributed by atoms with Crippen LogP contribution >= 0.6 is 0 Å². The molecule has 6 aliphatic rings. The van der Waals surface area contributed by atoms with Crippen molar-refractivity contribution in [3.8, 4) is 0 Å². The van der Waals surface area contributed by atoms with Crippen LogP contribution in [0.4, 0.5) is 10.6 Å². The van der Waals surface area contributed by atoms with E-state index in [1.807, 2.05) is 16.0 Å². The lowest BCUT2D eigenvalue weighted by Gasteiger charge is -2.59. The minimum Gasteiger partial charge on any atom is -0.355 e. The number of rotatable bonds is 4. The molecule has 0 unspecified atom stereocenters. The van der Waals surface area contributed by atoms with E-state index in [9.17, 15) is 4.79 Å². The van der Waals surface area contributed by atoms with Gasteiger partial charge in [0.1, 0.15) is 17.5 Å². The summed E-state index contributed by atoms with van der Waals surface area (Å²) in [7, 11) is 0. The Hall–Kier alpha value is -2.64. The van der Waals surface area contributed by atoms with Gasteiger partial charge >= 0.3 is 6.03 Å². The molecule has 0 bridgehead atoms. The molecule has 35 heavy (non-hydrogen) atoms. The summed E-state index contributed by atoms with van der Waals surface area (Å²) in [6.07, 6.45) is 12.4. The van der Waals surface area contributed by atoms with E-state index < -0.39 is 0 Å². The van der Waals surface area contributed by atoms with E-state index in [0.717, 1.165) is 56.5 Å². The van der Waals surface area contributed by atoms with Crippen LogP contribution in [0.25, 0.3) is 0 Å². The van der Waals surface area contributed by atoms with Crippen molar-refractivity contribution in [1.82, 2.24) is 30.0 Å². The van der Waals surface area contributed by atoms with Crippen molar-refractivity contribution < 1.29 is 4.79 Å². The number of H-pyrrole nitrogens is 1. The smallest absolute Gasteiger partial charge is 0.320 e. The average molecular weight is 474 g/mol. The number of likely N-dealkylation sites (tertiary alicyclic amines) is 2. The first kappa shape index (κ1) is 20.5. The lowest BCUT2D eigenvalue weighted by Crippen LogP contribution is -2.67. The average Bonchev–Trinajstić information content (AvgIpc) is 3.27. The Labute approximate surface area is 206 Å². The first-order chi connectivity index (χ1) is 17.1. The maximum Gasteiger partial charge on any atom is 0.320 e. The number of amides is 2. The van der Waals surface area contributed by atoms with Crippen LogP contribution in [0.2, 0.25) is 0 Å². The molecular formula is C27H35N7O. The summed E-state index contributed by atoms with van der Waals surface area (Å²) in [5, 5.41) is 8.74. The molecule has 2 aromatic heterocycles. The molecule has 2 aromatic rings. The summed E-state index contributed by atoms with van der Waals surface area (Å²) in [5.41, 5.74) is 2.19. The zero-order valence-electron chi connectivity index (χ0n) is 20.5. The van der Waals surface area contributed by atoms with Crippen LogP contribution in [0.3, 0.4) is 0 Å². The first-order valence-corrected chi connectivity index (χ1v) is 13.7. The number of hydrogen-bond acceptors (Lipinski definition) is 5. The predicted molar refractivity (Wildman–Crippen MR) is 131 cm³/mol. The number of pyridine rings is 1. The van der Waals surface area contributed by atoms with Crippen LogP contribution in [-0.4, -0.2) is 75.3 Å². The van der Waals surface area contributed by atoms with Gasteiger partial charge in [-0.25, -0.2) is 9.78 Å². The molecule has 3 saturated heterocycles. The van der Waals surface area contributed by atoms with Crippen molar-refractivity contribution in [2.75, 3.05) is 44.2 Å². The van der Waals surface area contributed by atoms with Crippen LogP contribution in [-0.2, 0) is 0 Å². The second-order valence-corrected chi connectivity index (χ2v) is 12.7. The molecule has 0 aromatic carbocycles. The molecule has 6 fully saturated rings. The van der Waals surface area contributed by atoms with Gasteiger partial charge in [-0.05, 0) is 50.2 Å². The van der Waals surface area contributed by atoms with Gasteiger partial charge in [-0.15, -0.1) is 10.2 Å². The number of hydrogen-bond donors (Lipinski definition) is 1. The normalized spacial score (nSPS) is 27.0. The number of carbonyl (C=O) groups excluding carboxylic acids is 1. The van der Waals surface area contributed by atoms with Gasteiger partial charge < -0.3 is 19.7 Å². The number of nitrogens with zero attached hydrogens (tertiary/aromatic N) is 6. The van der Waals surface area contributed by atoms with Crippen molar-refractivity contribution in [2.24, 2.45) is 10.8 Å². The molecule has 8 nitrogen and oxygen atoms in total. The zero-order chi connectivity index (χ0) is 23.2. The third-order valence-electron chi connectivity index (χ3n) is 9.99. The van der Waals surface area contributed by atoms with E-state index >= 15 is 0 Å². The molecule has 8 rings (SSSR count). The first-order valence-electron chi connectivity index (χ1n) is 13.7. The zero-order valence-corrected chi connectivity index (χ0v) is 20.5. The van der Waals surface area contributed by atoms with Crippen LogP contribution < -0.4 is 4.90 Å². The minimum absolute atomic E-state index is 0.220. The van der Waals surface area contributed by atoms with Crippen molar-refractivity contribution in [3.63, 3.8) is 0 Å². The maximum absolute atomic E-state index is 13.0. The van der Waals surface area contributed by atoms with Crippen LogP contribution in [0, 0.1) is 10.8 Å². The quantitative estimate of drug-likeness (QED) is 0.729. The largest absolute Gasteiger partial charge is 0.355 e. The van der Waals surface area contributed by atoms with Crippen LogP contribution in [0.5, 0.6) is 0 Å². The highest BCUT2D eigenvalue weighted by molar-refractivity contribution is 5.77. The van der Waals surface area contributed by atoms with E-state index in [4.69, 9.17) is 4.98 Å². The molecule has 0 atom stereocenters. The Morgan fingerprint density at radius 3 is 2.23 bits per heavy atom. The number of aromatic amines is 1. The van der Waals surface area contributed by atoms with Gasteiger partial charge in [0, 0.05) is 74.0 Å². The third-order valence-corrected chi connectivity index (χ3v) is 9.99. The fraction of sp³-hybridized carbons (Fsp3) is 0.704. The number of aromatic nitrogens is 4. The number of carbonyl (C=O) groups is 1. The number of nitrogens with one attached hydrogen (secondary N) is 1. The standard InChI is InChI=1S/C27H35N7O/c35-25(34-16-27(17-34)9-20(10-27)24-29-23(30-31-24)18-3-4-18)32-12-21(13-32)19-5-6-22(28-11-19)33-14-26(15-33)7-1-2-8-26/h5-6,11,18,20-21H,1-4,7-10,12-17H2,(H,29,30,31). The Bertz CT molecular complexity index is 1120. The lowest BCUT2D eigenvalue weighted by molar-refractivity contribution is -0.0601. The fourth-order valence-corrected chi connectivity index (χ4v) is 7.59. The second-order valence-electron chi connectivity index (χ2n) is 12.7. The molecule has 3 aliphatic carbocycles. The summed E-state index contributed by atoms with van der Waals surface area (Å²) in [6, 6.07) is 4.65. The summed E-state index contributed by atoms with van der Waals surface area (Å²) < 4.78 is 0. The van der Waals surface area contributed by atoms with Gasteiger partial charge in [-0.1, -0.05) is 18.9 Å². The Kier molecular flexibility index (Phi) is 4.23. The minimum atomic E-state index is 0.220. The molecule has 2 amide bonds. The fourth-order valence-electron chi connectivity index (χ4n) is 7.59. The molecule has 2 spiro atoms. The summed E-state index contributed by atoms with van der Waals surface area (Å²) in [4.78, 5) is 27.7. The molecule has 3 aliphatic heterocycles. The summed E-state index contributed by atoms with van der Waals surface area (Å²) in [6.45, 7) is 5.81. The van der Waals surface area contributed by atoms with Crippen molar-refractivity contribution in [1.29, 1.82) is 0 Å². The van der Waals surface area contributed by atoms with Crippen LogP contribution in [0.15, 0.2) is 18.3 Å². The van der Waals surface area contributed by atoms with Gasteiger partial charge in [0.15, 0.2) is 0 Å². The van der Waals surface area contributed by atoms with Gasteiger partial charge in [-0.3, -0.25) is 0 Å². The van der Waals surface area contributed by atoms with Crippen molar-refractivity contribution in [2.45, 2.75) is 69.1 Å². The highest BCUT2D eigenvalue weighted by Crippen LogP contribution is 2.56. The van der Waals surface area contributed by atoms with E-state index in [1.165, 1.54) is 57.2 Å². The topological polar surface area (TPSA) is 81.2 Å². The van der Waals surface area contributed by atoms with E-state index in [2.05, 4.69) is 32.2 Å². The lowest BCUT2D eigenvalue weighted by atomic mass is 9.57. The summed E-state index contributed by atoms with van der Waals surface area (Å²) in [5.74, 6) is 4.82. The molecule has 184 valence electrons. The SMILES string of the molecule is O=C(N1CC(c2ccc(N3CC4(CCCC4)C3)nc2)C1)N1CC2(CC(c3nnc(C4CC4)[nH]3)C2)C1. The predicted octanol–water partition coefficient (Wildman–Crippen LogP) is 3.86. The summed E-state index contributed by atoms with van der Waals surface area (Å²) >= 11 is 0. The van der Waals surface area contributed by atoms with Gasteiger partial charge in [-0.2, -0.15) is 0 Å². The Morgan fingerprint density at radius 2 is 1.57 bits per heavy atom. The highest BCUT2D eigenvalue weighted by Gasteiger charge is 2.56. The third kappa shape index (κ3) is 3.31. The molecule has 5 heterocycles. The number of urea groups is 1. The molecular weight excluding hydrogens is 438 g/mol. The van der Waals surface area contributed by atoms with Crippen molar-refractivity contribution in [3.05, 3.63) is 35.5 Å². The monoisotopic (exact) mass is 473 g/mol. The molecule has 1 N–H and O–H groups in total. The Balaban J connectivity index is 0.799. The highest BCUT2D eigenvalue weighted by atomic mass is 16.2. The van der Waals surface area contributed by atoms with Crippen LogP contribution in [0.1, 0.15) is 86.3 Å². The van der Waals surface area contributed by atoms with E-state index in [0.29, 0.717) is 28.6 Å². The van der Waals surface area contributed by atoms with Gasteiger partial charge in [0.25, 0.3) is 0 Å². The molecule has 0 radical (unpaired) electrons. The maximum atomic E-state index is 13.0. The van der Waals surface area contributed by atoms with Gasteiger partial charge in [0.05, 0.1) is 0 Å².